The van der Waals surface area contributed by atoms with Crippen LogP contribution in [0.5, 0.6) is 0 Å². The molecule has 2 heterocycles. The Morgan fingerprint density at radius 2 is 1.70 bits per heavy atom. The van der Waals surface area contributed by atoms with Gasteiger partial charge in [0.2, 0.25) is 11.8 Å². The van der Waals surface area contributed by atoms with Gasteiger partial charge in [0.25, 0.3) is 0 Å². The van der Waals surface area contributed by atoms with Crippen LogP contribution in [0, 0.1) is 18.6 Å². The fraction of sp³-hybridized carbons (Fsp3) is 0.300. The molecular weight excluding hydrogens is 516 g/mol. The second kappa shape index (κ2) is 11.4. The van der Waals surface area contributed by atoms with Gasteiger partial charge in [0.05, 0.1) is 13.1 Å². The molecule has 3 aromatic rings. The number of hydrogen-bond donors (Lipinski definition) is 1. The van der Waals surface area contributed by atoms with Gasteiger partial charge >= 0.3 is 6.03 Å². The Balaban J connectivity index is 1.47. The summed E-state index contributed by atoms with van der Waals surface area (Å²) < 4.78 is 28.2. The van der Waals surface area contributed by atoms with Crippen LogP contribution in [0.3, 0.4) is 0 Å². The Morgan fingerprint density at radius 1 is 0.975 bits per heavy atom. The number of hydrogen-bond acceptors (Lipinski definition) is 4. The van der Waals surface area contributed by atoms with Crippen molar-refractivity contribution in [1.82, 2.24) is 25.1 Å². The minimum absolute atomic E-state index is 0.0329. The minimum atomic E-state index is -0.907. The van der Waals surface area contributed by atoms with Crippen molar-refractivity contribution in [3.8, 4) is 0 Å². The van der Waals surface area contributed by atoms with Gasteiger partial charge in [0.15, 0.2) is 0 Å². The molecule has 4 amide bonds. The predicted molar refractivity (Wildman–Crippen MR) is 144 cm³/mol. The molecule has 0 spiro atoms. The van der Waals surface area contributed by atoms with Crippen molar-refractivity contribution in [3.05, 3.63) is 107 Å². The number of carbonyl (C=O) groups is 3. The normalized spacial score (nSPS) is 19.6. The van der Waals surface area contributed by atoms with Crippen LogP contribution in [-0.4, -0.2) is 70.0 Å². The van der Waals surface area contributed by atoms with E-state index in [9.17, 15) is 23.2 Å². The highest BCUT2D eigenvalue weighted by molar-refractivity contribution is 5.91. The summed E-state index contributed by atoms with van der Waals surface area (Å²) >= 11 is 0. The molecule has 0 saturated carbocycles. The van der Waals surface area contributed by atoms with Crippen LogP contribution in [0.2, 0.25) is 0 Å². The van der Waals surface area contributed by atoms with Gasteiger partial charge < -0.3 is 15.1 Å². The lowest BCUT2D eigenvalue weighted by Gasteiger charge is -2.54. The standard InChI is InChI=1S/C30H31F2N5O3/c1-20-8-10-21(11-9-20)14-26-29(39)35(17-23-12-13-24(31)15-25(23)32)18-27-36(26)28(38)19-34(2)37(27)30(40)33-16-22-6-4-3-5-7-22/h3-13,15,26-27H,14,16-19H2,1-2H3,(H,33,40)/t26-,27?/m0/s1. The molecule has 5 rings (SSSR count). The van der Waals surface area contributed by atoms with Crippen molar-refractivity contribution in [2.24, 2.45) is 0 Å². The van der Waals surface area contributed by atoms with E-state index < -0.39 is 29.9 Å². The van der Waals surface area contributed by atoms with Crippen molar-refractivity contribution in [3.63, 3.8) is 0 Å². The third-order valence-electron chi connectivity index (χ3n) is 7.36. The molecule has 0 bridgehead atoms. The first-order valence-corrected chi connectivity index (χ1v) is 13.1. The van der Waals surface area contributed by atoms with E-state index in [-0.39, 0.29) is 50.0 Å². The number of amides is 4. The second-order valence-electron chi connectivity index (χ2n) is 10.2. The number of benzene rings is 3. The van der Waals surface area contributed by atoms with Crippen LogP contribution >= 0.6 is 0 Å². The molecule has 2 aliphatic rings. The third kappa shape index (κ3) is 5.67. The zero-order valence-electron chi connectivity index (χ0n) is 22.4. The Bertz CT molecular complexity index is 1400. The molecule has 2 aliphatic heterocycles. The fourth-order valence-electron chi connectivity index (χ4n) is 5.30. The van der Waals surface area contributed by atoms with E-state index >= 15 is 0 Å². The van der Waals surface area contributed by atoms with E-state index in [1.165, 1.54) is 20.9 Å². The van der Waals surface area contributed by atoms with E-state index in [1.807, 2.05) is 61.5 Å². The van der Waals surface area contributed by atoms with Crippen LogP contribution in [0.1, 0.15) is 22.3 Å². The fourth-order valence-corrected chi connectivity index (χ4v) is 5.30. The number of likely N-dealkylation sites (N-methyl/N-ethyl adjacent to an activating group) is 1. The van der Waals surface area contributed by atoms with E-state index in [2.05, 4.69) is 5.32 Å². The van der Waals surface area contributed by atoms with Crippen molar-refractivity contribution >= 4 is 17.8 Å². The van der Waals surface area contributed by atoms with Gasteiger partial charge in [0.1, 0.15) is 23.8 Å². The molecule has 0 radical (unpaired) electrons. The lowest BCUT2D eigenvalue weighted by molar-refractivity contribution is -0.187. The number of fused-ring (bicyclic) bond motifs is 1. The van der Waals surface area contributed by atoms with Gasteiger partial charge in [-0.3, -0.25) is 9.59 Å². The van der Waals surface area contributed by atoms with Crippen LogP contribution in [0.25, 0.3) is 0 Å². The quantitative estimate of drug-likeness (QED) is 0.513. The summed E-state index contributed by atoms with van der Waals surface area (Å²) in [5.41, 5.74) is 2.96. The first-order chi connectivity index (χ1) is 19.2. The highest BCUT2D eigenvalue weighted by atomic mass is 19.1. The Hall–Kier alpha value is -4.31. The summed E-state index contributed by atoms with van der Waals surface area (Å²) in [6.07, 6.45) is -0.592. The Kier molecular flexibility index (Phi) is 7.79. The van der Waals surface area contributed by atoms with E-state index in [0.29, 0.717) is 0 Å². The van der Waals surface area contributed by atoms with Gasteiger partial charge in [-0.15, -0.1) is 0 Å². The molecule has 2 fully saturated rings. The van der Waals surface area contributed by atoms with Gasteiger partial charge in [-0.25, -0.2) is 23.6 Å². The molecule has 40 heavy (non-hydrogen) atoms. The molecule has 208 valence electrons. The van der Waals surface area contributed by atoms with Crippen molar-refractivity contribution < 1.29 is 23.2 Å². The molecule has 2 atom stereocenters. The molecule has 1 unspecified atom stereocenters. The molecule has 2 saturated heterocycles. The number of rotatable bonds is 6. The number of aryl methyl sites for hydroxylation is 1. The maximum Gasteiger partial charge on any atom is 0.334 e. The zero-order chi connectivity index (χ0) is 28.4. The van der Waals surface area contributed by atoms with Crippen LogP contribution in [-0.2, 0) is 29.1 Å². The summed E-state index contributed by atoms with van der Waals surface area (Å²) in [7, 11) is 1.65. The van der Waals surface area contributed by atoms with Crippen molar-refractivity contribution in [2.75, 3.05) is 20.1 Å². The molecule has 10 heteroatoms. The zero-order valence-corrected chi connectivity index (χ0v) is 22.4. The minimum Gasteiger partial charge on any atom is -0.333 e. The number of halogens is 2. The van der Waals surface area contributed by atoms with E-state index in [0.717, 1.165) is 28.8 Å². The Morgan fingerprint density at radius 3 is 2.40 bits per heavy atom. The highest BCUT2D eigenvalue weighted by Crippen LogP contribution is 2.29. The largest absolute Gasteiger partial charge is 0.334 e. The molecule has 0 aliphatic carbocycles. The maximum atomic E-state index is 14.6. The summed E-state index contributed by atoms with van der Waals surface area (Å²) in [5, 5.41) is 5.90. The maximum absolute atomic E-state index is 14.6. The number of urea groups is 1. The summed E-state index contributed by atoms with van der Waals surface area (Å²) in [5.74, 6) is -2.11. The molecule has 0 aromatic heterocycles. The van der Waals surface area contributed by atoms with Gasteiger partial charge in [0, 0.05) is 38.2 Å². The molecule has 8 nitrogen and oxygen atoms in total. The smallest absolute Gasteiger partial charge is 0.333 e. The lowest BCUT2D eigenvalue weighted by atomic mass is 9.97. The lowest BCUT2D eigenvalue weighted by Crippen LogP contribution is -2.76. The topological polar surface area (TPSA) is 76.2 Å². The average molecular weight is 548 g/mol. The van der Waals surface area contributed by atoms with Crippen LogP contribution < -0.4 is 5.32 Å². The van der Waals surface area contributed by atoms with Gasteiger partial charge in [-0.05, 0) is 24.1 Å². The number of carbonyl (C=O) groups excluding carboxylic acids is 3. The first-order valence-electron chi connectivity index (χ1n) is 13.1. The summed E-state index contributed by atoms with van der Waals surface area (Å²) in [4.78, 5) is 43.7. The third-order valence-corrected chi connectivity index (χ3v) is 7.36. The van der Waals surface area contributed by atoms with E-state index in [4.69, 9.17) is 0 Å². The van der Waals surface area contributed by atoms with Gasteiger partial charge in [-0.1, -0.05) is 66.2 Å². The summed E-state index contributed by atoms with van der Waals surface area (Å²) in [6, 6.07) is 19.0. The van der Waals surface area contributed by atoms with Crippen molar-refractivity contribution in [2.45, 2.75) is 38.6 Å². The molecule has 3 aromatic carbocycles. The van der Waals surface area contributed by atoms with E-state index in [1.54, 1.807) is 12.1 Å². The first kappa shape index (κ1) is 27.3. The second-order valence-corrected chi connectivity index (χ2v) is 10.2. The predicted octanol–water partition coefficient (Wildman–Crippen LogP) is 3.45. The van der Waals surface area contributed by atoms with Gasteiger partial charge in [-0.2, -0.15) is 0 Å². The molecular formula is C30H31F2N5O3. The number of nitrogens with one attached hydrogen (secondary N) is 1. The Labute approximate surface area is 231 Å². The van der Waals surface area contributed by atoms with Crippen molar-refractivity contribution in [1.29, 1.82) is 0 Å². The number of nitrogens with zero attached hydrogens (tertiary/aromatic N) is 4. The number of hydrazine groups is 1. The SMILES string of the molecule is Cc1ccc(C[C@H]2C(=O)N(Cc3ccc(F)cc3F)CC3N2C(=O)CN(C)N3C(=O)NCc2ccccc2)cc1. The highest BCUT2D eigenvalue weighted by Gasteiger charge is 2.50. The number of piperazine rings is 1. The average Bonchev–Trinajstić information content (AvgIpc) is 2.92. The van der Waals surface area contributed by atoms with Crippen LogP contribution in [0.15, 0.2) is 72.8 Å². The summed E-state index contributed by atoms with van der Waals surface area (Å²) in [6.45, 7) is 1.99. The molecule has 1 N–H and O–H groups in total. The van der Waals surface area contributed by atoms with Crippen LogP contribution in [0.4, 0.5) is 13.6 Å². The monoisotopic (exact) mass is 547 g/mol.